The predicted octanol–water partition coefficient (Wildman–Crippen LogP) is 4.97. The number of rotatable bonds is 4. The molecule has 0 radical (unpaired) electrons. The molecule has 0 spiro atoms. The normalized spacial score (nSPS) is 21.3. The maximum absolute atomic E-state index is 12.0. The number of likely N-dealkylation sites (tertiary alicyclic amines) is 1. The van der Waals surface area contributed by atoms with Crippen molar-refractivity contribution in [1.29, 1.82) is 0 Å². The van der Waals surface area contributed by atoms with Gasteiger partial charge in [0.15, 0.2) is 0 Å². The lowest BCUT2D eigenvalue weighted by molar-refractivity contribution is -0.115. The Hall–Kier alpha value is -2.68. The molecular weight excluding hydrogens is 474 g/mol. The molecule has 1 aromatic heterocycles. The largest absolute Gasteiger partial charge is 0.371 e. The number of hydrogen-bond acceptors (Lipinski definition) is 6. The van der Waals surface area contributed by atoms with E-state index in [2.05, 4.69) is 55.0 Å². The minimum Gasteiger partial charge on any atom is -0.371 e. The van der Waals surface area contributed by atoms with Gasteiger partial charge in [0.05, 0.1) is 15.9 Å². The van der Waals surface area contributed by atoms with Crippen LogP contribution in [0.3, 0.4) is 0 Å². The number of aromatic nitrogens is 2. The van der Waals surface area contributed by atoms with Crippen molar-refractivity contribution in [2.75, 3.05) is 31.1 Å². The van der Waals surface area contributed by atoms with E-state index >= 15 is 0 Å². The fraction of sp³-hybridized carbons (Fsp3) is 0.370. The Morgan fingerprint density at radius 3 is 2.43 bits per heavy atom. The van der Waals surface area contributed by atoms with Crippen molar-refractivity contribution in [3.63, 3.8) is 0 Å². The van der Waals surface area contributed by atoms with Crippen molar-refractivity contribution in [1.82, 2.24) is 19.8 Å². The van der Waals surface area contributed by atoms with Gasteiger partial charge < -0.3 is 15.1 Å². The molecule has 0 bridgehead atoms. The molecule has 3 aliphatic rings. The summed E-state index contributed by atoms with van der Waals surface area (Å²) in [5.74, 6) is -0.135. The van der Waals surface area contributed by atoms with Crippen molar-refractivity contribution in [2.24, 2.45) is 0 Å². The van der Waals surface area contributed by atoms with E-state index in [4.69, 9.17) is 12.2 Å². The highest BCUT2D eigenvalue weighted by atomic mass is 32.2. The number of anilines is 1. The average Bonchev–Trinajstić information content (AvgIpc) is 3.46. The van der Waals surface area contributed by atoms with E-state index in [1.165, 1.54) is 62.6 Å². The van der Waals surface area contributed by atoms with Crippen LogP contribution in [0.2, 0.25) is 0 Å². The third-order valence-electron chi connectivity index (χ3n) is 7.38. The maximum atomic E-state index is 12.0. The number of hydrogen-bond donors (Lipinski definition) is 1. The molecule has 3 fully saturated rings. The summed E-state index contributed by atoms with van der Waals surface area (Å²) in [7, 11) is 0. The van der Waals surface area contributed by atoms with Gasteiger partial charge in [-0.05, 0) is 86.8 Å². The minimum atomic E-state index is -0.135. The molecule has 3 aromatic rings. The summed E-state index contributed by atoms with van der Waals surface area (Å²) < 4.78 is 2.61. The van der Waals surface area contributed by atoms with Crippen LogP contribution in [0.4, 0.5) is 5.69 Å². The lowest BCUT2D eigenvalue weighted by atomic mass is 9.99. The van der Waals surface area contributed by atoms with E-state index in [1.807, 2.05) is 24.5 Å². The molecule has 1 N–H and O–H groups in total. The molecule has 35 heavy (non-hydrogen) atoms. The number of nitrogens with zero attached hydrogens (tertiary/aromatic N) is 4. The van der Waals surface area contributed by atoms with Gasteiger partial charge in [-0.1, -0.05) is 36.5 Å². The number of imidazole rings is 1. The lowest BCUT2D eigenvalue weighted by Gasteiger charge is -2.41. The van der Waals surface area contributed by atoms with Crippen molar-refractivity contribution >= 4 is 57.0 Å². The third kappa shape index (κ3) is 4.75. The van der Waals surface area contributed by atoms with Gasteiger partial charge in [-0.25, -0.2) is 4.98 Å². The van der Waals surface area contributed by atoms with Crippen molar-refractivity contribution < 1.29 is 4.79 Å². The van der Waals surface area contributed by atoms with Crippen LogP contribution in [0.5, 0.6) is 0 Å². The number of amides is 1. The maximum Gasteiger partial charge on any atom is 0.263 e. The van der Waals surface area contributed by atoms with E-state index in [-0.39, 0.29) is 5.91 Å². The second-order valence-corrected chi connectivity index (χ2v) is 11.3. The molecule has 3 saturated heterocycles. The van der Waals surface area contributed by atoms with Crippen LogP contribution >= 0.6 is 24.0 Å². The van der Waals surface area contributed by atoms with Crippen molar-refractivity contribution in [2.45, 2.75) is 38.1 Å². The second kappa shape index (κ2) is 9.76. The summed E-state index contributed by atoms with van der Waals surface area (Å²) >= 11 is 6.40. The van der Waals surface area contributed by atoms with Crippen LogP contribution in [0.25, 0.3) is 22.8 Å². The highest BCUT2D eigenvalue weighted by Gasteiger charge is 2.26. The number of thiocarbonyl (C=S) groups is 1. The minimum absolute atomic E-state index is 0.135. The number of piperidine rings is 2. The van der Waals surface area contributed by atoms with Gasteiger partial charge in [0, 0.05) is 30.5 Å². The fourth-order valence-corrected chi connectivity index (χ4v) is 6.53. The molecule has 8 heteroatoms. The number of carbonyl (C=O) groups excluding carboxylic acids is 1. The van der Waals surface area contributed by atoms with Crippen LogP contribution in [0.15, 0.2) is 53.7 Å². The standard InChI is InChI=1S/C27H29N5OS2/c33-26-25(35-27(34)29-26)17-19-4-9-23-24(16-19)32(18-28-23)22-7-5-20(6-8-22)31-14-10-21(11-15-31)30-12-2-1-3-13-30/h4-9,16-18,21H,1-3,10-15H2,(H,29,33,34). The smallest absolute Gasteiger partial charge is 0.263 e. The van der Waals surface area contributed by atoms with Crippen LogP contribution in [0, 0.1) is 0 Å². The monoisotopic (exact) mass is 503 g/mol. The van der Waals surface area contributed by atoms with Gasteiger partial charge >= 0.3 is 0 Å². The summed E-state index contributed by atoms with van der Waals surface area (Å²) in [5.41, 5.74) is 5.27. The average molecular weight is 504 g/mol. The zero-order chi connectivity index (χ0) is 23.8. The molecule has 180 valence electrons. The van der Waals surface area contributed by atoms with Crippen LogP contribution in [-0.4, -0.2) is 56.9 Å². The summed E-state index contributed by atoms with van der Waals surface area (Å²) in [5, 5.41) is 2.67. The zero-order valence-corrected chi connectivity index (χ0v) is 21.3. The predicted molar refractivity (Wildman–Crippen MR) is 148 cm³/mol. The van der Waals surface area contributed by atoms with Gasteiger partial charge in [-0.3, -0.25) is 9.36 Å². The highest BCUT2D eigenvalue weighted by molar-refractivity contribution is 8.26. The second-order valence-electron chi connectivity index (χ2n) is 9.55. The summed E-state index contributed by atoms with van der Waals surface area (Å²) in [6.45, 7) is 4.83. The zero-order valence-electron chi connectivity index (χ0n) is 19.7. The third-order valence-corrected chi connectivity index (χ3v) is 8.54. The first-order valence-electron chi connectivity index (χ1n) is 12.5. The molecule has 6 nitrogen and oxygen atoms in total. The topological polar surface area (TPSA) is 53.4 Å². The molecule has 6 rings (SSSR count). The highest BCUT2D eigenvalue weighted by Crippen LogP contribution is 2.29. The molecule has 3 aliphatic heterocycles. The van der Waals surface area contributed by atoms with Gasteiger partial charge in [0.2, 0.25) is 0 Å². The first-order valence-corrected chi connectivity index (χ1v) is 13.7. The number of nitrogens with one attached hydrogen (secondary N) is 1. The molecule has 0 atom stereocenters. The van der Waals surface area contributed by atoms with Gasteiger partial charge in [-0.15, -0.1) is 0 Å². The Balaban J connectivity index is 1.18. The first-order chi connectivity index (χ1) is 17.1. The molecule has 0 saturated carbocycles. The Bertz CT molecular complexity index is 1280. The Morgan fingerprint density at radius 2 is 1.71 bits per heavy atom. The quantitative estimate of drug-likeness (QED) is 0.401. The fourth-order valence-electron chi connectivity index (χ4n) is 5.49. The van der Waals surface area contributed by atoms with Crippen LogP contribution in [0.1, 0.15) is 37.7 Å². The van der Waals surface area contributed by atoms with E-state index in [9.17, 15) is 4.79 Å². The lowest BCUT2D eigenvalue weighted by Crippen LogP contribution is -2.46. The molecule has 0 aliphatic carbocycles. The van der Waals surface area contributed by atoms with Gasteiger partial charge in [-0.2, -0.15) is 0 Å². The summed E-state index contributed by atoms with van der Waals surface area (Å²) in [6.07, 6.45) is 10.4. The summed E-state index contributed by atoms with van der Waals surface area (Å²) in [6, 6.07) is 15.6. The number of benzene rings is 2. The molecule has 0 unspecified atom stereocenters. The Morgan fingerprint density at radius 1 is 0.971 bits per heavy atom. The molecular formula is C27H29N5OS2. The van der Waals surface area contributed by atoms with E-state index in [1.54, 1.807) is 0 Å². The number of thioether (sulfide) groups is 1. The van der Waals surface area contributed by atoms with Gasteiger partial charge in [0.1, 0.15) is 10.6 Å². The van der Waals surface area contributed by atoms with Gasteiger partial charge in [0.25, 0.3) is 5.91 Å². The van der Waals surface area contributed by atoms with E-state index < -0.39 is 0 Å². The molecule has 1 amide bonds. The number of carbonyl (C=O) groups is 1. The first kappa shape index (κ1) is 22.8. The van der Waals surface area contributed by atoms with Crippen molar-refractivity contribution in [3.8, 4) is 5.69 Å². The molecule has 2 aromatic carbocycles. The van der Waals surface area contributed by atoms with Crippen molar-refractivity contribution in [3.05, 3.63) is 59.3 Å². The summed E-state index contributed by atoms with van der Waals surface area (Å²) in [4.78, 5) is 22.5. The SMILES string of the molecule is O=C1NC(=S)SC1=Cc1ccc2ncn(-c3ccc(N4CCC(N5CCCCC5)CC4)cc3)c2c1. The Kier molecular flexibility index (Phi) is 6.35. The van der Waals surface area contributed by atoms with E-state index in [0.29, 0.717) is 9.23 Å². The van der Waals surface area contributed by atoms with E-state index in [0.717, 1.165) is 41.4 Å². The van der Waals surface area contributed by atoms with Crippen LogP contribution < -0.4 is 10.2 Å². The Labute approximate surface area is 215 Å². The van der Waals surface area contributed by atoms with Crippen LogP contribution in [-0.2, 0) is 4.79 Å². The number of fused-ring (bicyclic) bond motifs is 1. The molecule has 4 heterocycles.